The van der Waals surface area contributed by atoms with Gasteiger partial charge >= 0.3 is 0 Å². The average Bonchev–Trinajstić information content (AvgIpc) is 3.04. The van der Waals surface area contributed by atoms with E-state index in [4.69, 9.17) is 4.52 Å². The van der Waals surface area contributed by atoms with E-state index in [-0.39, 0.29) is 5.91 Å². The van der Waals surface area contributed by atoms with Crippen molar-refractivity contribution in [1.82, 2.24) is 24.8 Å². The molecule has 1 aliphatic rings. The fourth-order valence-electron chi connectivity index (χ4n) is 2.59. The highest BCUT2D eigenvalue weighted by atomic mass is 16.5. The van der Waals surface area contributed by atoms with Crippen LogP contribution in [0.5, 0.6) is 0 Å². The van der Waals surface area contributed by atoms with Crippen LogP contribution in [0.25, 0.3) is 0 Å². The van der Waals surface area contributed by atoms with E-state index < -0.39 is 0 Å². The quantitative estimate of drug-likeness (QED) is 0.911. The Kier molecular flexibility index (Phi) is 3.93. The van der Waals surface area contributed by atoms with Crippen molar-refractivity contribution in [2.75, 3.05) is 18.4 Å². The molecule has 22 heavy (non-hydrogen) atoms. The van der Waals surface area contributed by atoms with Crippen molar-refractivity contribution < 1.29 is 9.32 Å². The number of carbonyl (C=O) groups excluding carboxylic acids is 1. The van der Waals surface area contributed by atoms with E-state index in [1.54, 1.807) is 6.07 Å². The monoisotopic (exact) mass is 304 g/mol. The normalized spacial score (nSPS) is 15.1. The van der Waals surface area contributed by atoms with Crippen LogP contribution in [0.1, 0.15) is 37.1 Å². The average molecular weight is 304 g/mol. The number of rotatable bonds is 4. The number of aryl methyl sites for hydroxylation is 1. The minimum Gasteiger partial charge on any atom is -0.338 e. The molecule has 0 bridgehead atoms. The fraction of sp³-hybridized carbons (Fsp3) is 0.571. The molecule has 1 amide bonds. The van der Waals surface area contributed by atoms with Gasteiger partial charge in [0.15, 0.2) is 0 Å². The zero-order valence-electron chi connectivity index (χ0n) is 13.0. The smallest absolute Gasteiger partial charge is 0.240 e. The van der Waals surface area contributed by atoms with Gasteiger partial charge in [0.2, 0.25) is 11.8 Å². The van der Waals surface area contributed by atoms with E-state index in [1.165, 1.54) is 0 Å². The lowest BCUT2D eigenvalue weighted by Crippen LogP contribution is -2.39. The Hall–Kier alpha value is -2.22. The van der Waals surface area contributed by atoms with E-state index >= 15 is 0 Å². The zero-order chi connectivity index (χ0) is 15.7. The SMILES string of the molecule is Cc1cc(NC(=O)CN2CCn3c(nnc3C(C)C)C2)on1. The van der Waals surface area contributed by atoms with Gasteiger partial charge in [0, 0.05) is 25.1 Å². The number of aromatic nitrogens is 4. The van der Waals surface area contributed by atoms with Gasteiger partial charge in [0.25, 0.3) is 0 Å². The number of anilines is 1. The van der Waals surface area contributed by atoms with Crippen molar-refractivity contribution in [3.05, 3.63) is 23.4 Å². The van der Waals surface area contributed by atoms with Crippen LogP contribution in [0.2, 0.25) is 0 Å². The van der Waals surface area contributed by atoms with Gasteiger partial charge in [-0.2, -0.15) is 0 Å². The maximum absolute atomic E-state index is 12.0. The number of carbonyl (C=O) groups is 1. The van der Waals surface area contributed by atoms with Crippen molar-refractivity contribution in [2.24, 2.45) is 0 Å². The lowest BCUT2D eigenvalue weighted by molar-refractivity contribution is -0.117. The Labute approximate surface area is 128 Å². The molecule has 8 heteroatoms. The van der Waals surface area contributed by atoms with E-state index in [2.05, 4.69) is 39.1 Å². The number of amides is 1. The first-order chi connectivity index (χ1) is 10.5. The van der Waals surface area contributed by atoms with Gasteiger partial charge in [-0.15, -0.1) is 10.2 Å². The highest BCUT2D eigenvalue weighted by Crippen LogP contribution is 2.18. The van der Waals surface area contributed by atoms with Crippen molar-refractivity contribution >= 4 is 11.8 Å². The predicted octanol–water partition coefficient (Wildman–Crippen LogP) is 1.15. The van der Waals surface area contributed by atoms with E-state index in [9.17, 15) is 4.79 Å². The lowest BCUT2D eigenvalue weighted by Gasteiger charge is -2.27. The van der Waals surface area contributed by atoms with Crippen LogP contribution in [0, 0.1) is 6.92 Å². The number of fused-ring (bicyclic) bond motifs is 1. The highest BCUT2D eigenvalue weighted by molar-refractivity contribution is 5.90. The van der Waals surface area contributed by atoms with Crippen molar-refractivity contribution in [3.63, 3.8) is 0 Å². The summed E-state index contributed by atoms with van der Waals surface area (Å²) < 4.78 is 7.13. The number of hydrogen-bond donors (Lipinski definition) is 1. The van der Waals surface area contributed by atoms with Crippen molar-refractivity contribution in [2.45, 2.75) is 39.8 Å². The third-order valence-electron chi connectivity index (χ3n) is 3.64. The van der Waals surface area contributed by atoms with Gasteiger partial charge in [-0.3, -0.25) is 15.0 Å². The molecule has 0 aromatic carbocycles. The molecule has 3 rings (SSSR count). The van der Waals surface area contributed by atoms with E-state index in [1.807, 2.05) is 11.8 Å². The van der Waals surface area contributed by atoms with Gasteiger partial charge in [0.1, 0.15) is 11.6 Å². The highest BCUT2D eigenvalue weighted by Gasteiger charge is 2.23. The summed E-state index contributed by atoms with van der Waals surface area (Å²) in [5.74, 6) is 2.54. The first-order valence-electron chi connectivity index (χ1n) is 7.40. The Morgan fingerprint density at radius 2 is 2.23 bits per heavy atom. The lowest BCUT2D eigenvalue weighted by atomic mass is 10.2. The molecule has 0 fully saturated rings. The maximum atomic E-state index is 12.0. The first-order valence-corrected chi connectivity index (χ1v) is 7.40. The summed E-state index contributed by atoms with van der Waals surface area (Å²) in [7, 11) is 0. The second-order valence-electron chi connectivity index (χ2n) is 5.87. The van der Waals surface area contributed by atoms with Crippen LogP contribution in [0.3, 0.4) is 0 Å². The van der Waals surface area contributed by atoms with Gasteiger partial charge in [-0.1, -0.05) is 19.0 Å². The molecule has 0 saturated heterocycles. The fourth-order valence-corrected chi connectivity index (χ4v) is 2.59. The molecule has 8 nitrogen and oxygen atoms in total. The predicted molar refractivity (Wildman–Crippen MR) is 79.3 cm³/mol. The summed E-state index contributed by atoms with van der Waals surface area (Å²) in [6.45, 7) is 8.56. The van der Waals surface area contributed by atoms with Crippen LogP contribution in [-0.2, 0) is 17.9 Å². The van der Waals surface area contributed by atoms with E-state index in [0.29, 0.717) is 24.9 Å². The van der Waals surface area contributed by atoms with E-state index in [0.717, 1.165) is 30.4 Å². The summed E-state index contributed by atoms with van der Waals surface area (Å²) in [6, 6.07) is 1.69. The Morgan fingerprint density at radius 1 is 1.41 bits per heavy atom. The molecule has 118 valence electrons. The first kappa shape index (κ1) is 14.7. The minimum absolute atomic E-state index is 0.117. The third kappa shape index (κ3) is 3.01. The molecule has 0 spiro atoms. The molecule has 0 aliphatic carbocycles. The molecule has 2 aromatic heterocycles. The summed E-state index contributed by atoms with van der Waals surface area (Å²) in [4.78, 5) is 14.1. The van der Waals surface area contributed by atoms with Gasteiger partial charge in [-0.05, 0) is 6.92 Å². The second-order valence-corrected chi connectivity index (χ2v) is 5.87. The van der Waals surface area contributed by atoms with Crippen LogP contribution >= 0.6 is 0 Å². The number of nitrogens with zero attached hydrogens (tertiary/aromatic N) is 5. The van der Waals surface area contributed by atoms with Crippen molar-refractivity contribution in [1.29, 1.82) is 0 Å². The molecule has 3 heterocycles. The minimum atomic E-state index is -0.117. The largest absolute Gasteiger partial charge is 0.338 e. The molecule has 0 atom stereocenters. The summed E-state index contributed by atoms with van der Waals surface area (Å²) in [6.07, 6.45) is 0. The van der Waals surface area contributed by atoms with Crippen molar-refractivity contribution in [3.8, 4) is 0 Å². The number of hydrogen-bond acceptors (Lipinski definition) is 6. The summed E-state index contributed by atoms with van der Waals surface area (Å²) in [5, 5.41) is 14.9. The third-order valence-corrected chi connectivity index (χ3v) is 3.64. The molecule has 0 unspecified atom stereocenters. The second kappa shape index (κ2) is 5.88. The molecule has 0 radical (unpaired) electrons. The van der Waals surface area contributed by atoms with Crippen LogP contribution in [0.4, 0.5) is 5.88 Å². The van der Waals surface area contributed by atoms with Crippen LogP contribution in [-0.4, -0.2) is 43.8 Å². The van der Waals surface area contributed by atoms with Gasteiger partial charge < -0.3 is 9.09 Å². The summed E-state index contributed by atoms with van der Waals surface area (Å²) >= 11 is 0. The topological polar surface area (TPSA) is 89.1 Å². The standard InChI is InChI=1S/C14H20N6O2/c1-9(2)14-17-16-11-7-19(4-5-20(11)14)8-12(21)15-13-6-10(3)18-22-13/h6,9H,4-5,7-8H2,1-3H3,(H,15,21). The Balaban J connectivity index is 1.59. The van der Waals surface area contributed by atoms with Gasteiger partial charge in [-0.25, -0.2) is 0 Å². The molecule has 2 aromatic rings. The molecular formula is C14H20N6O2. The molecule has 1 N–H and O–H groups in total. The van der Waals surface area contributed by atoms with Crippen LogP contribution < -0.4 is 5.32 Å². The molecular weight excluding hydrogens is 284 g/mol. The Morgan fingerprint density at radius 3 is 2.91 bits per heavy atom. The number of nitrogens with one attached hydrogen (secondary N) is 1. The van der Waals surface area contributed by atoms with Crippen LogP contribution in [0.15, 0.2) is 10.6 Å². The molecule has 1 aliphatic heterocycles. The maximum Gasteiger partial charge on any atom is 0.240 e. The zero-order valence-corrected chi connectivity index (χ0v) is 13.0. The van der Waals surface area contributed by atoms with Gasteiger partial charge in [0.05, 0.1) is 18.8 Å². The Bertz CT molecular complexity index is 675. The summed E-state index contributed by atoms with van der Waals surface area (Å²) in [5.41, 5.74) is 0.739. The molecule has 0 saturated carbocycles.